The quantitative estimate of drug-likeness (QED) is 0.857. The summed E-state index contributed by atoms with van der Waals surface area (Å²) in [5.41, 5.74) is 7.43. The maximum Gasteiger partial charge on any atom is 0.231 e. The number of fused-ring (bicyclic) bond motifs is 1. The third-order valence-corrected chi connectivity index (χ3v) is 4.66. The number of nitrogens with two attached hydrogens (primary N) is 1. The van der Waals surface area contributed by atoms with Crippen molar-refractivity contribution < 1.29 is 23.4 Å². The van der Waals surface area contributed by atoms with Crippen molar-refractivity contribution in [2.75, 3.05) is 40.1 Å². The molecule has 2 aliphatic rings. The van der Waals surface area contributed by atoms with E-state index in [-0.39, 0.29) is 12.9 Å². The van der Waals surface area contributed by atoms with Crippen molar-refractivity contribution >= 4 is 0 Å². The van der Waals surface area contributed by atoms with Gasteiger partial charge < -0.3 is 29.1 Å². The molecule has 8 nitrogen and oxygen atoms in total. The number of rotatable bonds is 5. The number of nitrogens with zero attached hydrogens (tertiary/aromatic N) is 2. The summed E-state index contributed by atoms with van der Waals surface area (Å²) in [5.74, 6) is 3.19. The Labute approximate surface area is 151 Å². The Morgan fingerprint density at radius 2 is 2.23 bits per heavy atom. The van der Waals surface area contributed by atoms with Crippen molar-refractivity contribution in [2.24, 2.45) is 5.73 Å². The van der Waals surface area contributed by atoms with Crippen molar-refractivity contribution in [3.8, 4) is 28.7 Å². The first kappa shape index (κ1) is 17.1. The number of oxazole rings is 1. The smallest absolute Gasteiger partial charge is 0.231 e. The minimum absolute atomic E-state index is 0.0774. The first-order valence-electron chi connectivity index (χ1n) is 8.66. The summed E-state index contributed by atoms with van der Waals surface area (Å²) in [4.78, 5) is 6.98. The fourth-order valence-electron chi connectivity index (χ4n) is 3.23. The zero-order valence-electron chi connectivity index (χ0n) is 15.0. The van der Waals surface area contributed by atoms with E-state index in [0.29, 0.717) is 42.8 Å². The SMILES string of the molecule is COc1cc(-c2nc(CN3CCO[C@H](CN)C3)c(C)o2)cc2c1OCO2. The van der Waals surface area contributed by atoms with Crippen molar-refractivity contribution in [1.29, 1.82) is 0 Å². The lowest BCUT2D eigenvalue weighted by atomic mass is 10.2. The molecule has 2 N–H and O–H groups in total. The number of hydrogen-bond acceptors (Lipinski definition) is 8. The maximum absolute atomic E-state index is 5.91. The minimum atomic E-state index is 0.0774. The number of methoxy groups -OCH3 is 1. The van der Waals surface area contributed by atoms with Gasteiger partial charge in [0, 0.05) is 31.7 Å². The molecule has 0 aliphatic carbocycles. The molecule has 1 fully saturated rings. The van der Waals surface area contributed by atoms with Crippen molar-refractivity contribution in [3.05, 3.63) is 23.6 Å². The molecule has 0 spiro atoms. The second-order valence-electron chi connectivity index (χ2n) is 6.40. The monoisotopic (exact) mass is 361 g/mol. The average Bonchev–Trinajstić information content (AvgIpc) is 3.28. The van der Waals surface area contributed by atoms with E-state index in [1.165, 1.54) is 0 Å². The first-order chi connectivity index (χ1) is 12.7. The van der Waals surface area contributed by atoms with Gasteiger partial charge in [0.25, 0.3) is 0 Å². The Balaban J connectivity index is 1.57. The van der Waals surface area contributed by atoms with Crippen molar-refractivity contribution in [3.63, 3.8) is 0 Å². The molecule has 140 valence electrons. The molecule has 0 unspecified atom stereocenters. The second-order valence-corrected chi connectivity index (χ2v) is 6.40. The van der Waals surface area contributed by atoms with Crippen LogP contribution in [-0.4, -0.2) is 56.1 Å². The van der Waals surface area contributed by atoms with E-state index < -0.39 is 0 Å². The Kier molecular flexibility index (Phi) is 4.71. The highest BCUT2D eigenvalue weighted by molar-refractivity contribution is 5.66. The van der Waals surface area contributed by atoms with Crippen LogP contribution in [-0.2, 0) is 11.3 Å². The number of morpholine rings is 1. The number of benzene rings is 1. The number of hydrogen-bond donors (Lipinski definition) is 1. The lowest BCUT2D eigenvalue weighted by Crippen LogP contribution is -2.45. The second kappa shape index (κ2) is 7.14. The van der Waals surface area contributed by atoms with Crippen LogP contribution in [0.3, 0.4) is 0 Å². The van der Waals surface area contributed by atoms with Gasteiger partial charge in [-0.25, -0.2) is 4.98 Å². The van der Waals surface area contributed by atoms with Gasteiger partial charge in [-0.1, -0.05) is 0 Å². The highest BCUT2D eigenvalue weighted by Gasteiger charge is 2.24. The van der Waals surface area contributed by atoms with E-state index in [0.717, 1.165) is 30.1 Å². The van der Waals surface area contributed by atoms with Crippen LogP contribution in [0.5, 0.6) is 17.2 Å². The van der Waals surface area contributed by atoms with E-state index >= 15 is 0 Å². The molecule has 1 atom stereocenters. The van der Waals surface area contributed by atoms with Gasteiger partial charge in [-0.3, -0.25) is 4.90 Å². The van der Waals surface area contributed by atoms with Crippen molar-refractivity contribution in [1.82, 2.24) is 9.88 Å². The van der Waals surface area contributed by atoms with Gasteiger partial charge in [-0.15, -0.1) is 0 Å². The summed E-state index contributed by atoms with van der Waals surface area (Å²) in [5, 5.41) is 0. The van der Waals surface area contributed by atoms with Crippen LogP contribution >= 0.6 is 0 Å². The van der Waals surface area contributed by atoms with Gasteiger partial charge in [-0.2, -0.15) is 0 Å². The van der Waals surface area contributed by atoms with Gasteiger partial charge in [0.2, 0.25) is 18.4 Å². The van der Waals surface area contributed by atoms with Gasteiger partial charge in [0.1, 0.15) is 5.76 Å². The van der Waals surface area contributed by atoms with Crippen LogP contribution in [0.25, 0.3) is 11.5 Å². The Hall–Kier alpha value is -2.29. The molecule has 26 heavy (non-hydrogen) atoms. The standard InChI is InChI=1S/C18H23N3O5/c1-11-14(9-21-3-4-23-13(7-19)8-21)20-18(26-11)12-5-15(22-2)17-16(6-12)24-10-25-17/h5-6,13H,3-4,7-10,19H2,1-2H3/t13-/m1/s1. The van der Waals surface area contributed by atoms with Gasteiger partial charge in [-0.05, 0) is 19.1 Å². The summed E-state index contributed by atoms with van der Waals surface area (Å²) < 4.78 is 27.8. The Morgan fingerprint density at radius 1 is 1.35 bits per heavy atom. The summed E-state index contributed by atoms with van der Waals surface area (Å²) >= 11 is 0. The first-order valence-corrected chi connectivity index (χ1v) is 8.66. The molecule has 0 saturated carbocycles. The fraction of sp³-hybridized carbons (Fsp3) is 0.500. The fourth-order valence-corrected chi connectivity index (χ4v) is 3.23. The average molecular weight is 361 g/mol. The summed E-state index contributed by atoms with van der Waals surface area (Å²) in [6.45, 7) is 5.69. The summed E-state index contributed by atoms with van der Waals surface area (Å²) in [6.07, 6.45) is 0.0774. The highest BCUT2D eigenvalue weighted by Crippen LogP contribution is 2.44. The van der Waals surface area contributed by atoms with Crippen LogP contribution in [0, 0.1) is 6.92 Å². The minimum Gasteiger partial charge on any atom is -0.493 e. The maximum atomic E-state index is 5.91. The lowest BCUT2D eigenvalue weighted by molar-refractivity contribution is -0.0264. The molecule has 3 heterocycles. The number of ether oxygens (including phenoxy) is 4. The molecule has 8 heteroatoms. The van der Waals surface area contributed by atoms with Gasteiger partial charge >= 0.3 is 0 Å². The van der Waals surface area contributed by atoms with Gasteiger partial charge in [0.15, 0.2) is 11.5 Å². The van der Waals surface area contributed by atoms with Crippen LogP contribution in [0.4, 0.5) is 0 Å². The van der Waals surface area contributed by atoms with Gasteiger partial charge in [0.05, 0.1) is 25.5 Å². The molecular weight excluding hydrogens is 338 g/mol. The molecule has 2 aliphatic heterocycles. The van der Waals surface area contributed by atoms with Crippen LogP contribution in [0.2, 0.25) is 0 Å². The summed E-state index contributed by atoms with van der Waals surface area (Å²) in [7, 11) is 1.60. The van der Waals surface area contributed by atoms with E-state index in [2.05, 4.69) is 4.90 Å². The molecule has 4 rings (SSSR count). The lowest BCUT2D eigenvalue weighted by Gasteiger charge is -2.31. The van der Waals surface area contributed by atoms with E-state index in [1.807, 2.05) is 19.1 Å². The molecule has 0 radical (unpaired) electrons. The molecule has 2 aromatic rings. The van der Waals surface area contributed by atoms with Crippen LogP contribution < -0.4 is 19.9 Å². The molecule has 1 aromatic carbocycles. The molecule has 1 saturated heterocycles. The highest BCUT2D eigenvalue weighted by atomic mass is 16.7. The predicted molar refractivity (Wildman–Crippen MR) is 93.4 cm³/mol. The zero-order chi connectivity index (χ0) is 18.1. The zero-order valence-corrected chi connectivity index (χ0v) is 15.0. The third kappa shape index (κ3) is 3.23. The molecular formula is C18H23N3O5. The third-order valence-electron chi connectivity index (χ3n) is 4.66. The number of aromatic nitrogens is 1. The molecule has 0 bridgehead atoms. The van der Waals surface area contributed by atoms with Crippen LogP contribution in [0.15, 0.2) is 16.5 Å². The topological polar surface area (TPSA) is 92.2 Å². The normalized spacial score (nSPS) is 19.7. The van der Waals surface area contributed by atoms with E-state index in [1.54, 1.807) is 7.11 Å². The van der Waals surface area contributed by atoms with E-state index in [4.69, 9.17) is 34.1 Å². The number of aryl methyl sites for hydroxylation is 1. The van der Waals surface area contributed by atoms with E-state index in [9.17, 15) is 0 Å². The molecule has 1 aromatic heterocycles. The van der Waals surface area contributed by atoms with Crippen molar-refractivity contribution in [2.45, 2.75) is 19.6 Å². The molecule has 0 amide bonds. The Bertz CT molecular complexity index is 791. The Morgan fingerprint density at radius 3 is 3.04 bits per heavy atom. The summed E-state index contributed by atoms with van der Waals surface area (Å²) in [6, 6.07) is 3.71. The largest absolute Gasteiger partial charge is 0.493 e. The predicted octanol–water partition coefficient (Wildman–Crippen LogP) is 1.55. The van der Waals surface area contributed by atoms with Crippen LogP contribution in [0.1, 0.15) is 11.5 Å².